The number of nitrogens with zero attached hydrogens (tertiary/aromatic N) is 2. The lowest BCUT2D eigenvalue weighted by Crippen LogP contribution is -2.22. The predicted octanol–water partition coefficient (Wildman–Crippen LogP) is 4.31. The first-order chi connectivity index (χ1) is 14.9. The van der Waals surface area contributed by atoms with E-state index in [0.29, 0.717) is 27.8 Å². The molecule has 162 valence electrons. The standard InChI is InChI=1S/C22H25N5O3S/c1-13(2)19-25-22(27-26-19)31-14(3)20(28)23-16-11-9-15(10-12-16)21(29)24-17-7-5-6-8-18(17)30-4/h5-14H,1-4H3,(H,23,28)(H,24,29)(H,25,26,27). The van der Waals surface area contributed by atoms with Gasteiger partial charge in [-0.1, -0.05) is 37.7 Å². The summed E-state index contributed by atoms with van der Waals surface area (Å²) in [5.41, 5.74) is 1.66. The molecule has 0 fully saturated rings. The summed E-state index contributed by atoms with van der Waals surface area (Å²) in [6.45, 7) is 5.83. The lowest BCUT2D eigenvalue weighted by atomic mass is 10.2. The van der Waals surface area contributed by atoms with Gasteiger partial charge in [0.15, 0.2) is 0 Å². The van der Waals surface area contributed by atoms with Crippen molar-refractivity contribution in [1.29, 1.82) is 0 Å². The largest absolute Gasteiger partial charge is 0.495 e. The third-order valence-corrected chi connectivity index (χ3v) is 5.41. The molecule has 0 radical (unpaired) electrons. The van der Waals surface area contributed by atoms with Crippen molar-refractivity contribution < 1.29 is 14.3 Å². The van der Waals surface area contributed by atoms with E-state index in [1.165, 1.54) is 11.8 Å². The predicted molar refractivity (Wildman–Crippen MR) is 122 cm³/mol. The van der Waals surface area contributed by atoms with Gasteiger partial charge in [0.05, 0.1) is 18.0 Å². The van der Waals surface area contributed by atoms with Crippen LogP contribution in [0.25, 0.3) is 0 Å². The van der Waals surface area contributed by atoms with Gasteiger partial charge in [-0.3, -0.25) is 14.7 Å². The molecule has 0 bridgehead atoms. The number of thioether (sulfide) groups is 1. The average Bonchev–Trinajstić information content (AvgIpc) is 3.23. The van der Waals surface area contributed by atoms with E-state index in [4.69, 9.17) is 4.74 Å². The third kappa shape index (κ3) is 5.85. The van der Waals surface area contributed by atoms with E-state index in [2.05, 4.69) is 25.8 Å². The van der Waals surface area contributed by atoms with E-state index in [-0.39, 0.29) is 23.0 Å². The molecule has 2 aromatic carbocycles. The number of hydrogen-bond donors (Lipinski definition) is 3. The van der Waals surface area contributed by atoms with Gasteiger partial charge in [-0.15, -0.1) is 5.10 Å². The third-order valence-electron chi connectivity index (χ3n) is 4.45. The Kier molecular flexibility index (Phi) is 7.30. The highest BCUT2D eigenvalue weighted by Gasteiger charge is 2.18. The average molecular weight is 440 g/mol. The number of nitrogens with one attached hydrogen (secondary N) is 3. The lowest BCUT2D eigenvalue weighted by molar-refractivity contribution is -0.115. The number of H-pyrrole nitrogens is 1. The summed E-state index contributed by atoms with van der Waals surface area (Å²) in [5.74, 6) is 1.17. The van der Waals surface area contributed by atoms with Gasteiger partial charge in [-0.25, -0.2) is 4.98 Å². The molecule has 0 aliphatic heterocycles. The van der Waals surface area contributed by atoms with Crippen molar-refractivity contribution in [3.63, 3.8) is 0 Å². The first-order valence-corrected chi connectivity index (χ1v) is 10.7. The second-order valence-electron chi connectivity index (χ2n) is 7.14. The Morgan fingerprint density at radius 3 is 2.39 bits per heavy atom. The van der Waals surface area contributed by atoms with Crippen molar-refractivity contribution in [2.75, 3.05) is 17.7 Å². The molecule has 8 nitrogen and oxygen atoms in total. The van der Waals surface area contributed by atoms with E-state index in [1.807, 2.05) is 26.0 Å². The normalized spacial score (nSPS) is 11.8. The Bertz CT molecular complexity index is 1050. The molecule has 0 aliphatic carbocycles. The smallest absolute Gasteiger partial charge is 0.255 e. The molecular formula is C22H25N5O3S. The van der Waals surface area contributed by atoms with Crippen LogP contribution in [0.4, 0.5) is 11.4 Å². The number of benzene rings is 2. The fourth-order valence-corrected chi connectivity index (χ4v) is 3.40. The summed E-state index contributed by atoms with van der Waals surface area (Å²) in [4.78, 5) is 29.4. The molecule has 0 spiro atoms. The van der Waals surface area contributed by atoms with Crippen molar-refractivity contribution in [3.8, 4) is 5.75 Å². The van der Waals surface area contributed by atoms with Crippen molar-refractivity contribution in [1.82, 2.24) is 15.2 Å². The molecule has 1 unspecified atom stereocenters. The molecule has 31 heavy (non-hydrogen) atoms. The van der Waals surface area contributed by atoms with Crippen molar-refractivity contribution in [2.45, 2.75) is 37.1 Å². The number of carbonyl (C=O) groups is 2. The molecular weight excluding hydrogens is 414 g/mol. The second-order valence-corrected chi connectivity index (χ2v) is 8.45. The number of amides is 2. The number of aromatic amines is 1. The van der Waals surface area contributed by atoms with E-state index in [0.717, 1.165) is 5.82 Å². The van der Waals surface area contributed by atoms with E-state index >= 15 is 0 Å². The summed E-state index contributed by atoms with van der Waals surface area (Å²) >= 11 is 1.28. The molecule has 3 N–H and O–H groups in total. The molecule has 0 saturated heterocycles. The van der Waals surface area contributed by atoms with Crippen LogP contribution in [0.1, 0.15) is 42.9 Å². The van der Waals surface area contributed by atoms with Crippen LogP contribution >= 0.6 is 11.8 Å². The van der Waals surface area contributed by atoms with Crippen LogP contribution in [-0.4, -0.2) is 39.4 Å². The summed E-state index contributed by atoms with van der Waals surface area (Å²) < 4.78 is 5.25. The zero-order valence-corrected chi connectivity index (χ0v) is 18.6. The molecule has 0 aliphatic rings. The lowest BCUT2D eigenvalue weighted by Gasteiger charge is -2.12. The Morgan fingerprint density at radius 1 is 1.03 bits per heavy atom. The molecule has 3 aromatic rings. The maximum atomic E-state index is 12.5. The summed E-state index contributed by atoms with van der Waals surface area (Å²) in [6.07, 6.45) is 0. The molecule has 3 rings (SSSR count). The van der Waals surface area contributed by atoms with Gasteiger partial charge in [0, 0.05) is 17.2 Å². The monoisotopic (exact) mass is 439 g/mol. The van der Waals surface area contributed by atoms with Crippen molar-refractivity contribution in [2.24, 2.45) is 0 Å². The minimum atomic E-state index is -0.385. The number of ether oxygens (including phenoxy) is 1. The van der Waals surface area contributed by atoms with Crippen LogP contribution in [0.5, 0.6) is 5.75 Å². The second kappa shape index (κ2) is 10.1. The van der Waals surface area contributed by atoms with Gasteiger partial charge in [0.25, 0.3) is 5.91 Å². The van der Waals surface area contributed by atoms with E-state index in [1.54, 1.807) is 50.4 Å². The first-order valence-electron chi connectivity index (χ1n) is 9.81. The van der Waals surface area contributed by atoms with Crippen LogP contribution in [0, 0.1) is 0 Å². The highest BCUT2D eigenvalue weighted by atomic mass is 32.2. The number of methoxy groups -OCH3 is 1. The van der Waals surface area contributed by atoms with Crippen molar-refractivity contribution >= 4 is 35.0 Å². The maximum Gasteiger partial charge on any atom is 0.255 e. The quantitative estimate of drug-likeness (QED) is 0.451. The molecule has 1 heterocycles. The van der Waals surface area contributed by atoms with Crippen LogP contribution in [0.2, 0.25) is 0 Å². The molecule has 9 heteroatoms. The number of carbonyl (C=O) groups excluding carboxylic acids is 2. The van der Waals surface area contributed by atoms with Crippen molar-refractivity contribution in [3.05, 3.63) is 59.9 Å². The molecule has 1 aromatic heterocycles. The highest BCUT2D eigenvalue weighted by Crippen LogP contribution is 2.24. The van der Waals surface area contributed by atoms with E-state index in [9.17, 15) is 9.59 Å². The number of aromatic nitrogens is 3. The fraction of sp³-hybridized carbons (Fsp3) is 0.273. The van der Waals surface area contributed by atoms with E-state index < -0.39 is 0 Å². The highest BCUT2D eigenvalue weighted by molar-refractivity contribution is 8.00. The molecule has 2 amide bonds. The number of rotatable bonds is 8. The van der Waals surface area contributed by atoms with Gasteiger partial charge in [-0.05, 0) is 43.3 Å². The van der Waals surface area contributed by atoms with Crippen LogP contribution in [-0.2, 0) is 4.79 Å². The van der Waals surface area contributed by atoms with Gasteiger partial charge < -0.3 is 15.4 Å². The van der Waals surface area contributed by atoms with Gasteiger partial charge >= 0.3 is 0 Å². The minimum Gasteiger partial charge on any atom is -0.495 e. The topological polar surface area (TPSA) is 109 Å². The Balaban J connectivity index is 1.57. The minimum absolute atomic E-state index is 0.174. The van der Waals surface area contributed by atoms with Crippen LogP contribution in [0.15, 0.2) is 53.7 Å². The Labute approximate surface area is 185 Å². The number of hydrogen-bond acceptors (Lipinski definition) is 6. The maximum absolute atomic E-state index is 12.5. The van der Waals surface area contributed by atoms with Gasteiger partial charge in [0.2, 0.25) is 11.1 Å². The SMILES string of the molecule is COc1ccccc1NC(=O)c1ccc(NC(=O)C(C)Sc2n[nH]c(C(C)C)n2)cc1. The van der Waals surface area contributed by atoms with Gasteiger partial charge in [-0.2, -0.15) is 0 Å². The van der Waals surface area contributed by atoms with Crippen LogP contribution in [0.3, 0.4) is 0 Å². The summed E-state index contributed by atoms with van der Waals surface area (Å²) in [5, 5.41) is 12.8. The number of anilines is 2. The summed E-state index contributed by atoms with van der Waals surface area (Å²) in [7, 11) is 1.55. The zero-order valence-electron chi connectivity index (χ0n) is 17.8. The molecule has 1 atom stereocenters. The molecule has 0 saturated carbocycles. The first kappa shape index (κ1) is 22.4. The van der Waals surface area contributed by atoms with Gasteiger partial charge in [0.1, 0.15) is 11.6 Å². The Morgan fingerprint density at radius 2 is 1.74 bits per heavy atom. The fourth-order valence-electron chi connectivity index (χ4n) is 2.67. The number of para-hydroxylation sites is 2. The summed E-state index contributed by atoms with van der Waals surface area (Å²) in [6, 6.07) is 13.9. The Hall–Kier alpha value is -3.33. The zero-order chi connectivity index (χ0) is 22.4. The van der Waals surface area contributed by atoms with Crippen LogP contribution < -0.4 is 15.4 Å².